The molecule has 4 heteroatoms. The summed E-state index contributed by atoms with van der Waals surface area (Å²) < 4.78 is 0. The predicted molar refractivity (Wildman–Crippen MR) is 71.3 cm³/mol. The van der Waals surface area contributed by atoms with Crippen LogP contribution in [-0.2, 0) is 0 Å². The molecule has 1 aromatic carbocycles. The van der Waals surface area contributed by atoms with Crippen LogP contribution in [0.25, 0.3) is 0 Å². The van der Waals surface area contributed by atoms with E-state index in [1.54, 1.807) is 12.1 Å². The van der Waals surface area contributed by atoms with E-state index in [1.165, 1.54) is 6.42 Å². The summed E-state index contributed by atoms with van der Waals surface area (Å²) in [6.07, 6.45) is 3.51. The molecule has 1 saturated heterocycles. The Balaban J connectivity index is 2.22. The van der Waals surface area contributed by atoms with Crippen LogP contribution in [0.1, 0.15) is 30.4 Å². The minimum atomic E-state index is -2.23. The summed E-state index contributed by atoms with van der Waals surface area (Å²) in [5.41, 5.74) is 7.07. The van der Waals surface area contributed by atoms with Gasteiger partial charge in [0.1, 0.15) is 5.75 Å². The van der Waals surface area contributed by atoms with Crippen LogP contribution in [0.3, 0.4) is 0 Å². The van der Waals surface area contributed by atoms with Gasteiger partial charge in [-0.3, -0.25) is 0 Å². The fraction of sp³-hybridized carbons (Fsp3) is 0.538. The van der Waals surface area contributed by atoms with E-state index in [1.807, 2.05) is 12.1 Å². The van der Waals surface area contributed by atoms with Crippen molar-refractivity contribution in [3.05, 3.63) is 29.8 Å². The first-order valence-electron chi connectivity index (χ1n) is 6.37. The molecule has 1 aliphatic heterocycles. The molecule has 0 bridgehead atoms. The lowest BCUT2D eigenvalue weighted by Crippen LogP contribution is -2.46. The first-order chi connectivity index (χ1) is 8.15. The van der Waals surface area contributed by atoms with Crippen molar-refractivity contribution < 1.29 is 9.90 Å². The van der Waals surface area contributed by atoms with Gasteiger partial charge < -0.3 is 15.6 Å². The molecule has 1 fully saturated rings. The molecule has 0 radical (unpaired) electrons. The van der Waals surface area contributed by atoms with Crippen molar-refractivity contribution in [2.75, 3.05) is 6.54 Å². The average Bonchev–Trinajstić information content (AvgIpc) is 2.33. The van der Waals surface area contributed by atoms with Gasteiger partial charge in [-0.15, -0.1) is 0 Å². The molecule has 94 valence electrons. The fourth-order valence-corrected chi connectivity index (χ4v) is 6.81. The van der Waals surface area contributed by atoms with Gasteiger partial charge in [0.05, 0.1) is 0 Å². The highest BCUT2D eigenvalue weighted by atomic mass is 28.4. The van der Waals surface area contributed by atoms with Crippen LogP contribution in [0, 0.1) is 0 Å². The van der Waals surface area contributed by atoms with E-state index in [2.05, 4.69) is 0 Å². The third-order valence-corrected chi connectivity index (χ3v) is 8.20. The van der Waals surface area contributed by atoms with Gasteiger partial charge in [0.2, 0.25) is 0 Å². The van der Waals surface area contributed by atoms with E-state index in [-0.39, 0.29) is 11.3 Å². The Kier molecular flexibility index (Phi) is 3.86. The van der Waals surface area contributed by atoms with Crippen LogP contribution < -0.4 is 5.73 Å². The molecule has 1 atom stereocenters. The van der Waals surface area contributed by atoms with Crippen molar-refractivity contribution in [1.29, 1.82) is 0 Å². The highest BCUT2D eigenvalue weighted by Crippen LogP contribution is 2.37. The van der Waals surface area contributed by atoms with E-state index in [9.17, 15) is 9.90 Å². The molecular weight excluding hydrogens is 230 g/mol. The van der Waals surface area contributed by atoms with Crippen molar-refractivity contribution in [2.45, 2.75) is 36.9 Å². The van der Waals surface area contributed by atoms with Crippen LogP contribution in [0.5, 0.6) is 5.75 Å². The van der Waals surface area contributed by atoms with E-state index in [0.717, 1.165) is 30.5 Å². The normalized spacial score (nSPS) is 21.1. The number of rotatable bonds is 3. The number of phenols is 1. The lowest BCUT2D eigenvalue weighted by Gasteiger charge is -2.36. The lowest BCUT2D eigenvalue weighted by molar-refractivity contribution is 0.468. The Labute approximate surface area is 103 Å². The fourth-order valence-electron chi connectivity index (χ4n) is 2.88. The molecule has 0 amide bonds. The Morgan fingerprint density at radius 3 is 2.24 bits per heavy atom. The zero-order chi connectivity index (χ0) is 12.3. The summed E-state index contributed by atoms with van der Waals surface area (Å²) in [7, 11) is -2.23. The molecule has 1 aromatic rings. The largest absolute Gasteiger partial charge is 0.508 e. The maximum atomic E-state index is 10.9. The van der Waals surface area contributed by atoms with Crippen LogP contribution in [0.15, 0.2) is 24.3 Å². The number of hydrogen-bond acceptors (Lipinski definition) is 3. The molecule has 17 heavy (non-hydrogen) atoms. The number of benzene rings is 1. The van der Waals surface area contributed by atoms with Crippen molar-refractivity contribution in [3.63, 3.8) is 0 Å². The molecule has 3 nitrogen and oxygen atoms in total. The number of aromatic hydroxyl groups is 1. The Hall–Kier alpha value is -0.843. The predicted octanol–water partition coefficient (Wildman–Crippen LogP) is 2.10. The monoisotopic (exact) mass is 251 g/mol. The maximum absolute atomic E-state index is 10.9. The molecule has 4 N–H and O–H groups in total. The van der Waals surface area contributed by atoms with Crippen molar-refractivity contribution in [1.82, 2.24) is 0 Å². The Morgan fingerprint density at radius 1 is 1.12 bits per heavy atom. The standard InChI is InChI=1S/C13H21NO2Si/c14-10-13(11-4-6-12(15)7-5-11)17(16)8-2-1-3-9-17/h4-7,13,15-16H,1-3,8-10,14H2/t13-/m0/s1. The topological polar surface area (TPSA) is 66.5 Å². The van der Waals surface area contributed by atoms with Crippen LogP contribution in [0.4, 0.5) is 0 Å². The third kappa shape index (κ3) is 2.70. The summed E-state index contributed by atoms with van der Waals surface area (Å²) in [5, 5.41) is 9.30. The molecule has 0 aliphatic carbocycles. The van der Waals surface area contributed by atoms with Gasteiger partial charge in [0.15, 0.2) is 8.32 Å². The maximum Gasteiger partial charge on any atom is 0.197 e. The minimum absolute atomic E-state index is 0.114. The van der Waals surface area contributed by atoms with Crippen molar-refractivity contribution in [3.8, 4) is 5.75 Å². The first kappa shape index (κ1) is 12.6. The molecule has 0 unspecified atom stereocenters. The Bertz CT molecular complexity index is 360. The molecule has 2 rings (SSSR count). The van der Waals surface area contributed by atoms with E-state index < -0.39 is 8.32 Å². The highest BCUT2D eigenvalue weighted by Gasteiger charge is 2.41. The molecule has 0 saturated carbocycles. The van der Waals surface area contributed by atoms with Crippen LogP contribution in [-0.4, -0.2) is 24.8 Å². The van der Waals surface area contributed by atoms with Gasteiger partial charge in [0, 0.05) is 5.54 Å². The second-order valence-electron chi connectivity index (χ2n) is 5.04. The summed E-state index contributed by atoms with van der Waals surface area (Å²) in [6, 6.07) is 9.08. The third-order valence-electron chi connectivity index (χ3n) is 3.90. The summed E-state index contributed by atoms with van der Waals surface area (Å²) >= 11 is 0. The quantitative estimate of drug-likeness (QED) is 0.721. The smallest absolute Gasteiger partial charge is 0.197 e. The molecule has 0 spiro atoms. The van der Waals surface area contributed by atoms with Crippen LogP contribution >= 0.6 is 0 Å². The second kappa shape index (κ2) is 5.21. The van der Waals surface area contributed by atoms with Gasteiger partial charge in [-0.1, -0.05) is 31.4 Å². The van der Waals surface area contributed by atoms with Crippen LogP contribution in [0.2, 0.25) is 12.1 Å². The SMILES string of the molecule is NC[C@@H](c1ccc(O)cc1)[Si]1(O)CCCCC1. The van der Waals surface area contributed by atoms with Gasteiger partial charge in [0.25, 0.3) is 0 Å². The minimum Gasteiger partial charge on any atom is -0.508 e. The Morgan fingerprint density at radius 2 is 1.71 bits per heavy atom. The average molecular weight is 251 g/mol. The number of phenolic OH excluding ortho intramolecular Hbond substituents is 1. The van der Waals surface area contributed by atoms with Gasteiger partial charge in [-0.05, 0) is 36.3 Å². The van der Waals surface area contributed by atoms with E-state index in [4.69, 9.17) is 5.73 Å². The van der Waals surface area contributed by atoms with Crippen molar-refractivity contribution >= 4 is 8.32 Å². The highest BCUT2D eigenvalue weighted by molar-refractivity contribution is 6.74. The lowest BCUT2D eigenvalue weighted by atomic mass is 10.1. The molecular formula is C13H21NO2Si. The first-order valence-corrected chi connectivity index (χ1v) is 8.81. The number of hydrogen-bond donors (Lipinski definition) is 3. The van der Waals surface area contributed by atoms with E-state index >= 15 is 0 Å². The summed E-state index contributed by atoms with van der Waals surface area (Å²) in [5.74, 6) is 0.266. The molecule has 1 heterocycles. The van der Waals surface area contributed by atoms with Crippen molar-refractivity contribution in [2.24, 2.45) is 5.73 Å². The van der Waals surface area contributed by atoms with Gasteiger partial charge >= 0.3 is 0 Å². The number of nitrogens with two attached hydrogens (primary N) is 1. The zero-order valence-electron chi connectivity index (χ0n) is 10.1. The van der Waals surface area contributed by atoms with Gasteiger partial charge in [-0.25, -0.2) is 0 Å². The zero-order valence-corrected chi connectivity index (χ0v) is 11.1. The van der Waals surface area contributed by atoms with Gasteiger partial charge in [-0.2, -0.15) is 0 Å². The second-order valence-corrected chi connectivity index (χ2v) is 8.95. The summed E-state index contributed by atoms with van der Waals surface area (Å²) in [4.78, 5) is 10.9. The summed E-state index contributed by atoms with van der Waals surface area (Å²) in [6.45, 7) is 0.507. The molecule has 0 aromatic heterocycles. The van der Waals surface area contributed by atoms with E-state index in [0.29, 0.717) is 6.54 Å². The molecule has 1 aliphatic rings.